The molecule has 1 atom stereocenters. The molecule has 0 fully saturated rings. The van der Waals surface area contributed by atoms with Crippen molar-refractivity contribution in [2.45, 2.75) is 25.2 Å². The van der Waals surface area contributed by atoms with Gasteiger partial charge in [0.05, 0.1) is 18.0 Å². The van der Waals surface area contributed by atoms with Crippen LogP contribution in [0, 0.1) is 0 Å². The molecule has 0 aliphatic heterocycles. The molecule has 23 heavy (non-hydrogen) atoms. The van der Waals surface area contributed by atoms with Crippen LogP contribution in [0.3, 0.4) is 0 Å². The van der Waals surface area contributed by atoms with Crippen molar-refractivity contribution in [3.8, 4) is 0 Å². The molecule has 0 spiro atoms. The summed E-state index contributed by atoms with van der Waals surface area (Å²) in [6.45, 7) is 0.995. The Kier molecular flexibility index (Phi) is 6.45. The highest BCUT2D eigenvalue weighted by atomic mass is 31.2. The maximum Gasteiger partial charge on any atom is 0.329 e. The molecule has 0 saturated carbocycles. The molecule has 2 rings (SSSR count). The van der Waals surface area contributed by atoms with Crippen molar-refractivity contribution >= 4 is 7.60 Å². The van der Waals surface area contributed by atoms with Crippen LogP contribution < -0.4 is 5.32 Å². The Hall–Kier alpha value is -1.56. The zero-order valence-electron chi connectivity index (χ0n) is 12.7. The summed E-state index contributed by atoms with van der Waals surface area (Å²) in [4.78, 5) is 22.2. The van der Waals surface area contributed by atoms with Crippen LogP contribution in [0.1, 0.15) is 16.8 Å². The van der Waals surface area contributed by atoms with E-state index in [0.717, 1.165) is 11.3 Å². The van der Waals surface area contributed by atoms with E-state index < -0.39 is 13.7 Å². The first-order valence-electron chi connectivity index (χ1n) is 7.33. The molecule has 1 heterocycles. The highest BCUT2D eigenvalue weighted by Gasteiger charge is 2.14. The van der Waals surface area contributed by atoms with E-state index >= 15 is 0 Å². The molecule has 1 aromatic carbocycles. The Morgan fingerprint density at radius 2 is 1.91 bits per heavy atom. The van der Waals surface area contributed by atoms with Gasteiger partial charge in [0, 0.05) is 19.3 Å². The second kappa shape index (κ2) is 8.34. The first-order chi connectivity index (χ1) is 10.9. The number of aliphatic hydroxyl groups excluding tert-OH is 1. The van der Waals surface area contributed by atoms with E-state index in [1.165, 1.54) is 0 Å². The van der Waals surface area contributed by atoms with Gasteiger partial charge in [-0.15, -0.1) is 0 Å². The number of benzene rings is 1. The van der Waals surface area contributed by atoms with Crippen molar-refractivity contribution in [2.75, 3.05) is 6.54 Å². The first-order valence-corrected chi connectivity index (χ1v) is 9.13. The molecule has 4 N–H and O–H groups in total. The van der Waals surface area contributed by atoms with Crippen molar-refractivity contribution in [1.29, 1.82) is 0 Å². The third-order valence-electron chi connectivity index (χ3n) is 3.26. The summed E-state index contributed by atoms with van der Waals surface area (Å²) in [7, 11) is -4.08. The van der Waals surface area contributed by atoms with E-state index in [2.05, 4.69) is 10.3 Å². The molecule has 0 radical (unpaired) electrons. The molecule has 6 nitrogen and oxygen atoms in total. The minimum absolute atomic E-state index is 0.283. The third-order valence-corrected chi connectivity index (χ3v) is 4.04. The van der Waals surface area contributed by atoms with Crippen LogP contribution in [0.25, 0.3) is 0 Å². The van der Waals surface area contributed by atoms with Gasteiger partial charge in [-0.05, 0) is 29.7 Å². The lowest BCUT2D eigenvalue weighted by atomic mass is 10.1. The van der Waals surface area contributed by atoms with Gasteiger partial charge in [0.15, 0.2) is 0 Å². The molecule has 7 heteroatoms. The highest BCUT2D eigenvalue weighted by Crippen LogP contribution is 2.39. The summed E-state index contributed by atoms with van der Waals surface area (Å²) in [6.07, 6.45) is 1.28. The van der Waals surface area contributed by atoms with Crippen molar-refractivity contribution < 1.29 is 19.5 Å². The van der Waals surface area contributed by atoms with E-state index in [0.29, 0.717) is 25.1 Å². The standard InChI is InChI=1S/C16H21N2O4P/c19-16(11-17-10-15-6-1-2-7-18-15)9-13-4-3-5-14(8-13)12-23(20,21)22/h1-8,16-17,19H,9-12H2,(H2,20,21,22)/t16-/m0/s1. The summed E-state index contributed by atoms with van der Waals surface area (Å²) in [5, 5.41) is 13.2. The van der Waals surface area contributed by atoms with E-state index in [1.54, 1.807) is 24.4 Å². The Labute approximate surface area is 135 Å². The van der Waals surface area contributed by atoms with Crippen molar-refractivity contribution in [1.82, 2.24) is 10.3 Å². The summed E-state index contributed by atoms with van der Waals surface area (Å²) >= 11 is 0. The fourth-order valence-electron chi connectivity index (χ4n) is 2.31. The number of pyridine rings is 1. The Morgan fingerprint density at radius 1 is 1.13 bits per heavy atom. The topological polar surface area (TPSA) is 103 Å². The van der Waals surface area contributed by atoms with Gasteiger partial charge < -0.3 is 20.2 Å². The monoisotopic (exact) mass is 336 g/mol. The second-order valence-corrected chi connectivity index (χ2v) is 7.10. The minimum atomic E-state index is -4.08. The number of hydrogen-bond donors (Lipinski definition) is 4. The molecule has 124 valence electrons. The summed E-state index contributed by atoms with van der Waals surface area (Å²) in [5.74, 6) is 0. The van der Waals surface area contributed by atoms with Gasteiger partial charge in [-0.3, -0.25) is 9.55 Å². The largest absolute Gasteiger partial charge is 0.391 e. The second-order valence-electron chi connectivity index (χ2n) is 5.45. The van der Waals surface area contributed by atoms with Crippen molar-refractivity contribution in [3.05, 3.63) is 65.5 Å². The fourth-order valence-corrected chi connectivity index (χ4v) is 2.98. The summed E-state index contributed by atoms with van der Waals surface area (Å²) in [5.41, 5.74) is 2.33. The zero-order chi connectivity index (χ0) is 16.7. The predicted molar refractivity (Wildman–Crippen MR) is 87.8 cm³/mol. The van der Waals surface area contributed by atoms with Gasteiger partial charge in [-0.2, -0.15) is 0 Å². The first kappa shape index (κ1) is 17.8. The van der Waals surface area contributed by atoms with Crippen LogP contribution in [-0.2, 0) is 23.7 Å². The molecule has 0 saturated heterocycles. The lowest BCUT2D eigenvalue weighted by Gasteiger charge is -2.13. The number of aromatic nitrogens is 1. The number of nitrogens with one attached hydrogen (secondary N) is 1. The fraction of sp³-hybridized carbons (Fsp3) is 0.312. The lowest BCUT2D eigenvalue weighted by molar-refractivity contribution is 0.171. The van der Waals surface area contributed by atoms with Crippen LogP contribution in [-0.4, -0.2) is 32.5 Å². The van der Waals surface area contributed by atoms with E-state index in [9.17, 15) is 9.67 Å². The Morgan fingerprint density at radius 3 is 2.61 bits per heavy atom. The van der Waals surface area contributed by atoms with Gasteiger partial charge in [0.2, 0.25) is 0 Å². The zero-order valence-corrected chi connectivity index (χ0v) is 13.6. The van der Waals surface area contributed by atoms with Crippen LogP contribution in [0.4, 0.5) is 0 Å². The minimum Gasteiger partial charge on any atom is -0.391 e. The molecule has 0 unspecified atom stereocenters. The number of aliphatic hydroxyl groups is 1. The Bertz CT molecular complexity index is 660. The van der Waals surface area contributed by atoms with Crippen LogP contribution >= 0.6 is 7.60 Å². The average Bonchev–Trinajstić information content (AvgIpc) is 2.47. The highest BCUT2D eigenvalue weighted by molar-refractivity contribution is 7.50. The number of hydrogen-bond acceptors (Lipinski definition) is 4. The maximum absolute atomic E-state index is 11.0. The molecule has 0 aliphatic carbocycles. The maximum atomic E-state index is 11.0. The van der Waals surface area contributed by atoms with Gasteiger partial charge in [-0.25, -0.2) is 0 Å². The Balaban J connectivity index is 1.81. The van der Waals surface area contributed by atoms with Gasteiger partial charge in [-0.1, -0.05) is 30.3 Å². The number of nitrogens with zero attached hydrogens (tertiary/aromatic N) is 1. The lowest BCUT2D eigenvalue weighted by Crippen LogP contribution is -2.28. The van der Waals surface area contributed by atoms with Crippen LogP contribution in [0.5, 0.6) is 0 Å². The van der Waals surface area contributed by atoms with E-state index in [4.69, 9.17) is 9.79 Å². The molecule has 0 bridgehead atoms. The van der Waals surface area contributed by atoms with Crippen molar-refractivity contribution in [2.24, 2.45) is 0 Å². The van der Waals surface area contributed by atoms with Gasteiger partial charge in [0.25, 0.3) is 0 Å². The van der Waals surface area contributed by atoms with Gasteiger partial charge in [0.1, 0.15) is 0 Å². The van der Waals surface area contributed by atoms with Crippen LogP contribution in [0.2, 0.25) is 0 Å². The third kappa shape index (κ3) is 7.03. The average molecular weight is 336 g/mol. The van der Waals surface area contributed by atoms with E-state index in [-0.39, 0.29) is 6.16 Å². The molecular weight excluding hydrogens is 315 g/mol. The summed E-state index contributed by atoms with van der Waals surface area (Å²) < 4.78 is 11.0. The molecule has 0 amide bonds. The quantitative estimate of drug-likeness (QED) is 0.544. The normalized spacial score (nSPS) is 13.0. The molecule has 2 aromatic rings. The van der Waals surface area contributed by atoms with E-state index in [1.807, 2.05) is 24.3 Å². The smallest absolute Gasteiger partial charge is 0.329 e. The van der Waals surface area contributed by atoms with Gasteiger partial charge >= 0.3 is 7.60 Å². The van der Waals surface area contributed by atoms with Crippen molar-refractivity contribution in [3.63, 3.8) is 0 Å². The van der Waals surface area contributed by atoms with Crippen LogP contribution in [0.15, 0.2) is 48.7 Å². The summed E-state index contributed by atoms with van der Waals surface area (Å²) in [6, 6.07) is 12.6. The molecule has 1 aromatic heterocycles. The number of rotatable bonds is 8. The molecular formula is C16H21N2O4P. The molecule has 0 aliphatic rings. The predicted octanol–water partition coefficient (Wildman–Crippen LogP) is 1.45. The SMILES string of the molecule is O=P(O)(O)Cc1cccc(C[C@H](O)CNCc2ccccn2)c1.